The first kappa shape index (κ1) is 12.9. The van der Waals surface area contributed by atoms with Crippen LogP contribution in [-0.4, -0.2) is 12.6 Å². The highest BCUT2D eigenvalue weighted by Crippen LogP contribution is 2.43. The standard InChI is InChI=1S/C15H22ClN/c1-12(2)17-11-15(8-3-9-15)10-13-4-6-14(16)7-5-13/h4-7,12,17H,3,8-11H2,1-2H3. The zero-order chi connectivity index (χ0) is 12.3. The van der Waals surface area contributed by atoms with Crippen molar-refractivity contribution in [3.05, 3.63) is 34.9 Å². The van der Waals surface area contributed by atoms with Crippen molar-refractivity contribution in [3.63, 3.8) is 0 Å². The molecule has 94 valence electrons. The summed E-state index contributed by atoms with van der Waals surface area (Å²) in [5, 5.41) is 4.42. The van der Waals surface area contributed by atoms with Gasteiger partial charge < -0.3 is 5.32 Å². The smallest absolute Gasteiger partial charge is 0.0406 e. The van der Waals surface area contributed by atoms with Gasteiger partial charge in [0.25, 0.3) is 0 Å². The van der Waals surface area contributed by atoms with Crippen molar-refractivity contribution in [2.24, 2.45) is 5.41 Å². The van der Waals surface area contributed by atoms with E-state index in [0.717, 1.165) is 11.6 Å². The zero-order valence-corrected chi connectivity index (χ0v) is 11.6. The fourth-order valence-electron chi connectivity index (χ4n) is 2.55. The molecule has 2 heteroatoms. The van der Waals surface area contributed by atoms with Gasteiger partial charge in [0, 0.05) is 17.6 Å². The lowest BCUT2D eigenvalue weighted by Crippen LogP contribution is -2.43. The second kappa shape index (κ2) is 5.41. The summed E-state index contributed by atoms with van der Waals surface area (Å²) < 4.78 is 0. The van der Waals surface area contributed by atoms with Crippen LogP contribution >= 0.6 is 11.6 Å². The summed E-state index contributed by atoms with van der Waals surface area (Å²) in [4.78, 5) is 0. The number of halogens is 1. The second-order valence-corrected chi connectivity index (χ2v) is 6.13. The maximum absolute atomic E-state index is 5.92. The van der Waals surface area contributed by atoms with Gasteiger partial charge in [0.2, 0.25) is 0 Å². The van der Waals surface area contributed by atoms with Crippen molar-refractivity contribution in [3.8, 4) is 0 Å². The molecule has 1 nitrogen and oxygen atoms in total. The number of nitrogens with one attached hydrogen (secondary N) is 1. The van der Waals surface area contributed by atoms with E-state index in [9.17, 15) is 0 Å². The molecule has 1 fully saturated rings. The fraction of sp³-hybridized carbons (Fsp3) is 0.600. The van der Waals surface area contributed by atoms with Crippen molar-refractivity contribution in [1.82, 2.24) is 5.32 Å². The summed E-state index contributed by atoms with van der Waals surface area (Å²) in [6.07, 6.45) is 5.28. The van der Waals surface area contributed by atoms with Crippen LogP contribution in [0.2, 0.25) is 5.02 Å². The quantitative estimate of drug-likeness (QED) is 0.833. The Hall–Kier alpha value is -0.530. The average Bonchev–Trinajstić information content (AvgIpc) is 2.24. The highest BCUT2D eigenvalue weighted by Gasteiger charge is 2.36. The molecule has 1 aliphatic carbocycles. The SMILES string of the molecule is CC(C)NCC1(Cc2ccc(Cl)cc2)CCC1. The zero-order valence-electron chi connectivity index (χ0n) is 10.8. The number of hydrogen-bond donors (Lipinski definition) is 1. The summed E-state index contributed by atoms with van der Waals surface area (Å²) in [6, 6.07) is 8.91. The fourth-order valence-corrected chi connectivity index (χ4v) is 2.67. The summed E-state index contributed by atoms with van der Waals surface area (Å²) in [5.74, 6) is 0. The molecule has 0 atom stereocenters. The number of rotatable bonds is 5. The monoisotopic (exact) mass is 251 g/mol. The Balaban J connectivity index is 1.96. The Bertz CT molecular complexity index is 352. The van der Waals surface area contributed by atoms with Gasteiger partial charge in [-0.1, -0.05) is 44.0 Å². The third-order valence-corrected chi connectivity index (χ3v) is 4.04. The van der Waals surface area contributed by atoms with Crippen LogP contribution in [0.15, 0.2) is 24.3 Å². The van der Waals surface area contributed by atoms with Gasteiger partial charge in [-0.2, -0.15) is 0 Å². The Labute approximate surface area is 110 Å². The maximum Gasteiger partial charge on any atom is 0.0406 e. The van der Waals surface area contributed by atoms with Gasteiger partial charge in [-0.15, -0.1) is 0 Å². The molecule has 0 heterocycles. The molecule has 1 aromatic carbocycles. The second-order valence-electron chi connectivity index (χ2n) is 5.69. The lowest BCUT2D eigenvalue weighted by molar-refractivity contribution is 0.127. The summed E-state index contributed by atoms with van der Waals surface area (Å²) >= 11 is 5.92. The first-order chi connectivity index (χ1) is 8.10. The summed E-state index contributed by atoms with van der Waals surface area (Å²) in [5.41, 5.74) is 1.91. The minimum Gasteiger partial charge on any atom is -0.314 e. The molecule has 0 spiro atoms. The third kappa shape index (κ3) is 3.46. The average molecular weight is 252 g/mol. The Morgan fingerprint density at radius 1 is 1.24 bits per heavy atom. The van der Waals surface area contributed by atoms with E-state index >= 15 is 0 Å². The summed E-state index contributed by atoms with van der Waals surface area (Å²) in [7, 11) is 0. The van der Waals surface area contributed by atoms with Crippen molar-refractivity contribution in [2.75, 3.05) is 6.54 Å². The van der Waals surface area contributed by atoms with E-state index in [2.05, 4.69) is 31.3 Å². The van der Waals surface area contributed by atoms with E-state index in [0.29, 0.717) is 11.5 Å². The molecule has 0 amide bonds. The predicted molar refractivity (Wildman–Crippen MR) is 74.6 cm³/mol. The minimum absolute atomic E-state index is 0.498. The first-order valence-corrected chi connectivity index (χ1v) is 6.95. The molecule has 17 heavy (non-hydrogen) atoms. The Kier molecular flexibility index (Phi) is 4.11. The molecule has 2 rings (SSSR count). The van der Waals surface area contributed by atoms with E-state index in [-0.39, 0.29) is 0 Å². The van der Waals surface area contributed by atoms with Crippen LogP contribution in [0.4, 0.5) is 0 Å². The molecule has 1 aromatic rings. The van der Waals surface area contributed by atoms with Crippen molar-refractivity contribution < 1.29 is 0 Å². The van der Waals surface area contributed by atoms with Crippen LogP contribution in [0.5, 0.6) is 0 Å². The highest BCUT2D eigenvalue weighted by atomic mass is 35.5. The van der Waals surface area contributed by atoms with Crippen LogP contribution in [0, 0.1) is 5.41 Å². The van der Waals surface area contributed by atoms with Crippen molar-refractivity contribution >= 4 is 11.6 Å². The summed E-state index contributed by atoms with van der Waals surface area (Å²) in [6.45, 7) is 5.58. The maximum atomic E-state index is 5.92. The molecule has 0 saturated heterocycles. The first-order valence-electron chi connectivity index (χ1n) is 6.58. The van der Waals surface area contributed by atoms with Gasteiger partial charge in [0.1, 0.15) is 0 Å². The molecular formula is C15H22ClN. The molecule has 0 unspecified atom stereocenters. The molecule has 0 radical (unpaired) electrons. The van der Waals surface area contributed by atoms with Gasteiger partial charge in [-0.25, -0.2) is 0 Å². The number of hydrogen-bond acceptors (Lipinski definition) is 1. The molecule has 0 aromatic heterocycles. The molecule has 1 N–H and O–H groups in total. The van der Waals surface area contributed by atoms with Crippen LogP contribution in [-0.2, 0) is 6.42 Å². The van der Waals surface area contributed by atoms with Crippen molar-refractivity contribution in [1.29, 1.82) is 0 Å². The van der Waals surface area contributed by atoms with Crippen LogP contribution in [0.25, 0.3) is 0 Å². The molecule has 0 bridgehead atoms. The lowest BCUT2D eigenvalue weighted by atomic mass is 9.65. The van der Waals surface area contributed by atoms with E-state index < -0.39 is 0 Å². The van der Waals surface area contributed by atoms with Gasteiger partial charge >= 0.3 is 0 Å². The van der Waals surface area contributed by atoms with Gasteiger partial charge in [0.15, 0.2) is 0 Å². The lowest BCUT2D eigenvalue weighted by Gasteiger charge is -2.43. The van der Waals surface area contributed by atoms with Crippen molar-refractivity contribution in [2.45, 2.75) is 45.6 Å². The normalized spacial score (nSPS) is 18.1. The number of benzene rings is 1. The van der Waals surface area contributed by atoms with E-state index in [4.69, 9.17) is 11.6 Å². The van der Waals surface area contributed by atoms with E-state index in [1.165, 1.54) is 31.2 Å². The Morgan fingerprint density at radius 3 is 2.35 bits per heavy atom. The minimum atomic E-state index is 0.498. The predicted octanol–water partition coefficient (Wildman–Crippen LogP) is 4.05. The van der Waals surface area contributed by atoms with Crippen LogP contribution in [0.3, 0.4) is 0 Å². The topological polar surface area (TPSA) is 12.0 Å². The largest absolute Gasteiger partial charge is 0.314 e. The van der Waals surface area contributed by atoms with Gasteiger partial charge in [-0.3, -0.25) is 0 Å². The van der Waals surface area contributed by atoms with Gasteiger partial charge in [-0.05, 0) is 42.4 Å². The molecule has 1 aliphatic rings. The van der Waals surface area contributed by atoms with E-state index in [1.54, 1.807) is 0 Å². The van der Waals surface area contributed by atoms with Crippen LogP contribution < -0.4 is 5.32 Å². The van der Waals surface area contributed by atoms with Crippen LogP contribution in [0.1, 0.15) is 38.7 Å². The third-order valence-electron chi connectivity index (χ3n) is 3.79. The molecular weight excluding hydrogens is 230 g/mol. The van der Waals surface area contributed by atoms with E-state index in [1.807, 2.05) is 12.1 Å². The highest BCUT2D eigenvalue weighted by molar-refractivity contribution is 6.30. The Morgan fingerprint density at radius 2 is 1.88 bits per heavy atom. The molecule has 1 saturated carbocycles. The molecule has 0 aliphatic heterocycles. The van der Waals surface area contributed by atoms with Gasteiger partial charge in [0.05, 0.1) is 0 Å².